The standard InChI is InChI=1S/C9H13N5/c1-14(2)6-5-11-9-8(7-10)3-4-12-13-9/h3-4H,5-6H2,1-2H3,(H,11,13). The predicted octanol–water partition coefficient (Wildman–Crippen LogP) is 0.322. The zero-order valence-electron chi connectivity index (χ0n) is 8.36. The molecule has 0 spiro atoms. The summed E-state index contributed by atoms with van der Waals surface area (Å²) in [4.78, 5) is 2.05. The van der Waals surface area contributed by atoms with Gasteiger partial charge in [0.15, 0.2) is 5.82 Å². The van der Waals surface area contributed by atoms with Crippen LogP contribution in [-0.4, -0.2) is 42.3 Å². The van der Waals surface area contributed by atoms with Crippen molar-refractivity contribution in [3.05, 3.63) is 17.8 Å². The summed E-state index contributed by atoms with van der Waals surface area (Å²) in [7, 11) is 3.98. The Bertz CT molecular complexity index is 328. The molecule has 1 N–H and O–H groups in total. The van der Waals surface area contributed by atoms with E-state index in [2.05, 4.69) is 26.5 Å². The normalized spacial score (nSPS) is 9.86. The molecule has 0 saturated heterocycles. The Morgan fingerprint density at radius 2 is 2.36 bits per heavy atom. The third-order valence-electron chi connectivity index (χ3n) is 1.69. The summed E-state index contributed by atoms with van der Waals surface area (Å²) in [5.74, 6) is 0.553. The Morgan fingerprint density at radius 3 is 3.00 bits per heavy atom. The first-order valence-corrected chi connectivity index (χ1v) is 4.34. The molecule has 0 bridgehead atoms. The van der Waals surface area contributed by atoms with Gasteiger partial charge < -0.3 is 10.2 Å². The summed E-state index contributed by atoms with van der Waals surface area (Å²) in [6, 6.07) is 3.70. The summed E-state index contributed by atoms with van der Waals surface area (Å²) < 4.78 is 0. The highest BCUT2D eigenvalue weighted by Crippen LogP contribution is 2.06. The lowest BCUT2D eigenvalue weighted by Gasteiger charge is -2.10. The lowest BCUT2D eigenvalue weighted by molar-refractivity contribution is 0.425. The first-order valence-electron chi connectivity index (χ1n) is 4.34. The van der Waals surface area contributed by atoms with Crippen molar-refractivity contribution in [1.29, 1.82) is 5.26 Å². The predicted molar refractivity (Wildman–Crippen MR) is 53.8 cm³/mol. The zero-order valence-corrected chi connectivity index (χ0v) is 8.36. The van der Waals surface area contributed by atoms with Gasteiger partial charge in [0, 0.05) is 13.1 Å². The molecule has 0 radical (unpaired) electrons. The van der Waals surface area contributed by atoms with Crippen LogP contribution in [0.1, 0.15) is 5.56 Å². The van der Waals surface area contributed by atoms with Crippen molar-refractivity contribution in [2.45, 2.75) is 0 Å². The Balaban J connectivity index is 2.54. The molecule has 0 saturated carbocycles. The first kappa shape index (κ1) is 10.4. The molecular weight excluding hydrogens is 178 g/mol. The Morgan fingerprint density at radius 1 is 1.57 bits per heavy atom. The lowest BCUT2D eigenvalue weighted by atomic mass is 10.3. The molecule has 74 valence electrons. The van der Waals surface area contributed by atoms with Gasteiger partial charge in [-0.05, 0) is 20.2 Å². The van der Waals surface area contributed by atoms with Gasteiger partial charge in [-0.3, -0.25) is 0 Å². The molecule has 0 unspecified atom stereocenters. The summed E-state index contributed by atoms with van der Waals surface area (Å²) >= 11 is 0. The number of hydrogen-bond donors (Lipinski definition) is 1. The highest BCUT2D eigenvalue weighted by molar-refractivity contribution is 5.49. The maximum Gasteiger partial charge on any atom is 0.166 e. The van der Waals surface area contributed by atoms with Crippen molar-refractivity contribution in [3.63, 3.8) is 0 Å². The lowest BCUT2D eigenvalue weighted by Crippen LogP contribution is -2.21. The number of likely N-dealkylation sites (N-methyl/N-ethyl adjacent to an activating group) is 1. The van der Waals surface area contributed by atoms with E-state index in [4.69, 9.17) is 5.26 Å². The molecule has 5 nitrogen and oxygen atoms in total. The number of nitrogens with one attached hydrogen (secondary N) is 1. The molecule has 1 aromatic heterocycles. The van der Waals surface area contributed by atoms with Crippen molar-refractivity contribution in [1.82, 2.24) is 15.1 Å². The maximum absolute atomic E-state index is 8.76. The van der Waals surface area contributed by atoms with Crippen LogP contribution in [-0.2, 0) is 0 Å². The number of anilines is 1. The van der Waals surface area contributed by atoms with E-state index in [9.17, 15) is 0 Å². The second kappa shape index (κ2) is 5.14. The molecule has 0 aliphatic rings. The molecule has 0 amide bonds. The van der Waals surface area contributed by atoms with Gasteiger partial charge >= 0.3 is 0 Å². The van der Waals surface area contributed by atoms with Crippen LogP contribution in [0.15, 0.2) is 12.3 Å². The summed E-state index contributed by atoms with van der Waals surface area (Å²) in [6.45, 7) is 1.64. The highest BCUT2D eigenvalue weighted by atomic mass is 15.2. The van der Waals surface area contributed by atoms with E-state index in [1.165, 1.54) is 6.20 Å². The average Bonchev–Trinajstić information content (AvgIpc) is 2.18. The minimum Gasteiger partial charge on any atom is -0.366 e. The van der Waals surface area contributed by atoms with Crippen molar-refractivity contribution < 1.29 is 0 Å². The second-order valence-electron chi connectivity index (χ2n) is 3.14. The van der Waals surface area contributed by atoms with E-state index in [0.29, 0.717) is 11.4 Å². The molecule has 0 aliphatic carbocycles. The maximum atomic E-state index is 8.76. The topological polar surface area (TPSA) is 64.8 Å². The van der Waals surface area contributed by atoms with Gasteiger partial charge in [-0.2, -0.15) is 10.4 Å². The van der Waals surface area contributed by atoms with Crippen LogP contribution < -0.4 is 5.32 Å². The van der Waals surface area contributed by atoms with Gasteiger partial charge in [0.1, 0.15) is 6.07 Å². The number of nitrogens with zero attached hydrogens (tertiary/aromatic N) is 4. The summed E-state index contributed by atoms with van der Waals surface area (Å²) in [5.41, 5.74) is 0.527. The van der Waals surface area contributed by atoms with Crippen LogP contribution in [0, 0.1) is 11.3 Å². The fraction of sp³-hybridized carbons (Fsp3) is 0.444. The molecule has 5 heteroatoms. The van der Waals surface area contributed by atoms with Gasteiger partial charge in [-0.15, -0.1) is 5.10 Å². The molecule has 1 aromatic rings. The number of nitriles is 1. The number of rotatable bonds is 4. The smallest absolute Gasteiger partial charge is 0.166 e. The molecule has 0 fully saturated rings. The van der Waals surface area contributed by atoms with E-state index >= 15 is 0 Å². The van der Waals surface area contributed by atoms with Crippen LogP contribution in [0.3, 0.4) is 0 Å². The third kappa shape index (κ3) is 2.99. The van der Waals surface area contributed by atoms with Crippen molar-refractivity contribution >= 4 is 5.82 Å². The SMILES string of the molecule is CN(C)CCNc1nnccc1C#N. The van der Waals surface area contributed by atoms with E-state index in [1.54, 1.807) is 6.07 Å². The summed E-state index contributed by atoms with van der Waals surface area (Å²) in [5, 5.41) is 19.4. The largest absolute Gasteiger partial charge is 0.366 e. The Labute approximate surface area is 83.4 Å². The van der Waals surface area contributed by atoms with Crippen molar-refractivity contribution in [2.24, 2.45) is 0 Å². The summed E-state index contributed by atoms with van der Waals surface area (Å²) in [6.07, 6.45) is 1.51. The van der Waals surface area contributed by atoms with Crippen molar-refractivity contribution in [3.8, 4) is 6.07 Å². The van der Waals surface area contributed by atoms with Gasteiger partial charge in [0.05, 0.1) is 11.8 Å². The fourth-order valence-corrected chi connectivity index (χ4v) is 0.950. The fourth-order valence-electron chi connectivity index (χ4n) is 0.950. The molecule has 0 aliphatic heterocycles. The molecule has 14 heavy (non-hydrogen) atoms. The van der Waals surface area contributed by atoms with E-state index < -0.39 is 0 Å². The molecule has 1 rings (SSSR count). The molecular formula is C9H13N5. The number of aromatic nitrogens is 2. The zero-order chi connectivity index (χ0) is 10.4. The van der Waals surface area contributed by atoms with Gasteiger partial charge in [-0.25, -0.2) is 0 Å². The number of hydrogen-bond acceptors (Lipinski definition) is 5. The quantitative estimate of drug-likeness (QED) is 0.742. The Hall–Kier alpha value is -1.67. The van der Waals surface area contributed by atoms with Gasteiger partial charge in [0.25, 0.3) is 0 Å². The van der Waals surface area contributed by atoms with E-state index in [1.807, 2.05) is 14.1 Å². The minimum atomic E-state index is 0.527. The molecule has 0 atom stereocenters. The second-order valence-corrected chi connectivity index (χ2v) is 3.14. The van der Waals surface area contributed by atoms with Gasteiger partial charge in [-0.1, -0.05) is 0 Å². The molecule has 1 heterocycles. The van der Waals surface area contributed by atoms with Crippen LogP contribution >= 0.6 is 0 Å². The van der Waals surface area contributed by atoms with Crippen molar-refractivity contribution in [2.75, 3.05) is 32.5 Å². The van der Waals surface area contributed by atoms with Crippen LogP contribution in [0.25, 0.3) is 0 Å². The Kier molecular flexibility index (Phi) is 3.83. The van der Waals surface area contributed by atoms with E-state index in [-0.39, 0.29) is 0 Å². The first-order chi connectivity index (χ1) is 6.74. The monoisotopic (exact) mass is 191 g/mol. The van der Waals surface area contributed by atoms with E-state index in [0.717, 1.165) is 13.1 Å². The van der Waals surface area contributed by atoms with Gasteiger partial charge in [0.2, 0.25) is 0 Å². The minimum absolute atomic E-state index is 0.527. The third-order valence-corrected chi connectivity index (χ3v) is 1.69. The highest BCUT2D eigenvalue weighted by Gasteiger charge is 2.01. The van der Waals surface area contributed by atoms with Crippen LogP contribution in [0.5, 0.6) is 0 Å². The van der Waals surface area contributed by atoms with Crippen LogP contribution in [0.2, 0.25) is 0 Å². The van der Waals surface area contributed by atoms with Crippen LogP contribution in [0.4, 0.5) is 5.82 Å². The molecule has 0 aromatic carbocycles. The average molecular weight is 191 g/mol.